The number of nitrogens with zero attached hydrogens (tertiary/aromatic N) is 1. The number of ether oxygens (including phenoxy) is 1. The molecule has 0 aliphatic rings. The van der Waals surface area contributed by atoms with Crippen molar-refractivity contribution in [2.45, 2.75) is 0 Å². The van der Waals surface area contributed by atoms with E-state index in [2.05, 4.69) is 11.6 Å². The van der Waals surface area contributed by atoms with Crippen LogP contribution in [0.2, 0.25) is 0 Å². The highest BCUT2D eigenvalue weighted by Gasteiger charge is 2.16. The quantitative estimate of drug-likeness (QED) is 0.738. The van der Waals surface area contributed by atoms with Crippen LogP contribution >= 0.6 is 0 Å². The molecule has 0 saturated heterocycles. The molecule has 0 radical (unpaired) electrons. The molecular formula is C12H16N2O3. The van der Waals surface area contributed by atoms with Crippen LogP contribution in [-0.2, 0) is 4.74 Å². The highest BCUT2D eigenvalue weighted by atomic mass is 16.5. The minimum Gasteiger partial charge on any atom is -0.383 e. The molecule has 0 atom stereocenters. The minimum atomic E-state index is -0.316. The molecule has 0 unspecified atom stereocenters. The summed E-state index contributed by atoms with van der Waals surface area (Å²) < 4.78 is 4.92. The van der Waals surface area contributed by atoms with E-state index >= 15 is 0 Å². The molecule has 0 aliphatic carbocycles. The SMILES string of the molecule is C=CCN(CCOC)C(=O)c1c[nH]ccc1=O. The molecule has 1 rings (SSSR count). The number of pyridine rings is 1. The van der Waals surface area contributed by atoms with Crippen LogP contribution in [-0.4, -0.2) is 42.6 Å². The Kier molecular flexibility index (Phi) is 5.16. The Bertz CT molecular complexity index is 439. The first kappa shape index (κ1) is 13.2. The van der Waals surface area contributed by atoms with E-state index in [9.17, 15) is 9.59 Å². The second-order valence-corrected chi connectivity index (χ2v) is 3.45. The lowest BCUT2D eigenvalue weighted by Crippen LogP contribution is -2.36. The van der Waals surface area contributed by atoms with E-state index in [0.717, 1.165) is 0 Å². The number of H-pyrrole nitrogens is 1. The monoisotopic (exact) mass is 236 g/mol. The second-order valence-electron chi connectivity index (χ2n) is 3.45. The van der Waals surface area contributed by atoms with E-state index < -0.39 is 0 Å². The average Bonchev–Trinajstić information content (AvgIpc) is 2.34. The lowest BCUT2D eigenvalue weighted by Gasteiger charge is -2.20. The molecule has 1 amide bonds. The number of rotatable bonds is 6. The molecule has 5 heteroatoms. The number of nitrogens with one attached hydrogen (secondary N) is 1. The van der Waals surface area contributed by atoms with Gasteiger partial charge in [-0.1, -0.05) is 6.08 Å². The summed E-state index contributed by atoms with van der Waals surface area (Å²) in [6.07, 6.45) is 4.52. The third-order valence-electron chi connectivity index (χ3n) is 2.26. The van der Waals surface area contributed by atoms with Gasteiger partial charge in [0.05, 0.1) is 6.61 Å². The molecule has 0 fully saturated rings. The summed E-state index contributed by atoms with van der Waals surface area (Å²) >= 11 is 0. The highest BCUT2D eigenvalue weighted by molar-refractivity contribution is 5.93. The fraction of sp³-hybridized carbons (Fsp3) is 0.333. The van der Waals surface area contributed by atoms with Crippen molar-refractivity contribution in [2.24, 2.45) is 0 Å². The molecule has 1 aromatic rings. The van der Waals surface area contributed by atoms with Gasteiger partial charge in [0.1, 0.15) is 5.56 Å². The first-order valence-corrected chi connectivity index (χ1v) is 5.27. The van der Waals surface area contributed by atoms with E-state index in [0.29, 0.717) is 19.7 Å². The maximum Gasteiger partial charge on any atom is 0.259 e. The Morgan fingerprint density at radius 1 is 1.65 bits per heavy atom. The standard InChI is InChI=1S/C12H16N2O3/c1-3-6-14(7-8-17-2)12(16)10-9-13-5-4-11(10)15/h3-5,9H,1,6-8H2,2H3,(H,13,15). The van der Waals surface area contributed by atoms with Gasteiger partial charge in [-0.3, -0.25) is 9.59 Å². The van der Waals surface area contributed by atoms with Gasteiger partial charge in [0, 0.05) is 38.7 Å². The zero-order chi connectivity index (χ0) is 12.7. The summed E-state index contributed by atoms with van der Waals surface area (Å²) in [4.78, 5) is 27.8. The predicted octanol–water partition coefficient (Wildman–Crippen LogP) is 0.649. The molecule has 0 saturated carbocycles. The van der Waals surface area contributed by atoms with Gasteiger partial charge < -0.3 is 14.6 Å². The maximum absolute atomic E-state index is 12.1. The number of hydrogen-bond donors (Lipinski definition) is 1. The predicted molar refractivity (Wildman–Crippen MR) is 65.0 cm³/mol. The number of aromatic amines is 1. The summed E-state index contributed by atoms with van der Waals surface area (Å²) in [6, 6.07) is 1.33. The van der Waals surface area contributed by atoms with Crippen molar-refractivity contribution in [3.63, 3.8) is 0 Å². The van der Waals surface area contributed by atoms with E-state index in [4.69, 9.17) is 4.74 Å². The number of methoxy groups -OCH3 is 1. The summed E-state index contributed by atoms with van der Waals surface area (Å²) in [5.74, 6) is -0.316. The Balaban J connectivity index is 2.87. The van der Waals surface area contributed by atoms with Crippen LogP contribution in [0.4, 0.5) is 0 Å². The average molecular weight is 236 g/mol. The van der Waals surface area contributed by atoms with Crippen molar-refractivity contribution >= 4 is 5.91 Å². The molecule has 1 N–H and O–H groups in total. The van der Waals surface area contributed by atoms with E-state index in [1.807, 2.05) is 0 Å². The highest BCUT2D eigenvalue weighted by Crippen LogP contribution is 1.99. The summed E-state index contributed by atoms with van der Waals surface area (Å²) in [7, 11) is 1.56. The Hall–Kier alpha value is -1.88. The van der Waals surface area contributed by atoms with E-state index in [-0.39, 0.29) is 16.9 Å². The van der Waals surface area contributed by atoms with E-state index in [1.165, 1.54) is 23.4 Å². The smallest absolute Gasteiger partial charge is 0.259 e. The number of carbonyl (C=O) groups is 1. The lowest BCUT2D eigenvalue weighted by atomic mass is 10.2. The fourth-order valence-electron chi connectivity index (χ4n) is 1.39. The molecule has 5 nitrogen and oxygen atoms in total. The molecular weight excluding hydrogens is 220 g/mol. The summed E-state index contributed by atoms with van der Waals surface area (Å²) in [5, 5.41) is 0. The van der Waals surface area contributed by atoms with Gasteiger partial charge in [-0.25, -0.2) is 0 Å². The maximum atomic E-state index is 12.1. The van der Waals surface area contributed by atoms with Crippen LogP contribution in [0.15, 0.2) is 35.9 Å². The minimum absolute atomic E-state index is 0.130. The second kappa shape index (κ2) is 6.65. The molecule has 0 aromatic carbocycles. The van der Waals surface area contributed by atoms with Crippen LogP contribution in [0.25, 0.3) is 0 Å². The number of hydrogen-bond acceptors (Lipinski definition) is 3. The molecule has 1 heterocycles. The first-order valence-electron chi connectivity index (χ1n) is 5.27. The zero-order valence-electron chi connectivity index (χ0n) is 9.81. The lowest BCUT2D eigenvalue weighted by molar-refractivity contribution is 0.0716. The zero-order valence-corrected chi connectivity index (χ0v) is 9.81. The molecule has 0 aliphatic heterocycles. The van der Waals surface area contributed by atoms with Crippen LogP contribution in [0, 0.1) is 0 Å². The van der Waals surface area contributed by atoms with Gasteiger partial charge in [0.15, 0.2) is 5.43 Å². The number of aromatic nitrogens is 1. The molecule has 17 heavy (non-hydrogen) atoms. The third-order valence-corrected chi connectivity index (χ3v) is 2.26. The van der Waals surface area contributed by atoms with E-state index in [1.54, 1.807) is 13.2 Å². The number of amides is 1. The van der Waals surface area contributed by atoms with Crippen LogP contribution in [0.5, 0.6) is 0 Å². The van der Waals surface area contributed by atoms with Gasteiger partial charge in [0.2, 0.25) is 0 Å². The van der Waals surface area contributed by atoms with Gasteiger partial charge in [0.25, 0.3) is 5.91 Å². The van der Waals surface area contributed by atoms with Crippen molar-refractivity contribution in [1.29, 1.82) is 0 Å². The van der Waals surface area contributed by atoms with Gasteiger partial charge in [-0.2, -0.15) is 0 Å². The van der Waals surface area contributed by atoms with Crippen LogP contribution in [0.3, 0.4) is 0 Å². The third kappa shape index (κ3) is 3.57. The van der Waals surface area contributed by atoms with Gasteiger partial charge >= 0.3 is 0 Å². The van der Waals surface area contributed by atoms with Gasteiger partial charge in [-0.05, 0) is 0 Å². The Morgan fingerprint density at radius 2 is 2.41 bits per heavy atom. The first-order chi connectivity index (χ1) is 8.20. The largest absolute Gasteiger partial charge is 0.383 e. The summed E-state index contributed by atoms with van der Waals surface area (Å²) in [6.45, 7) is 4.82. The van der Waals surface area contributed by atoms with Crippen molar-refractivity contribution in [2.75, 3.05) is 26.8 Å². The molecule has 0 spiro atoms. The molecule has 1 aromatic heterocycles. The van der Waals surface area contributed by atoms with Crippen molar-refractivity contribution < 1.29 is 9.53 Å². The Morgan fingerprint density at radius 3 is 3.00 bits per heavy atom. The molecule has 92 valence electrons. The Labute approximate surface area is 99.7 Å². The summed E-state index contributed by atoms with van der Waals surface area (Å²) in [5.41, 5.74) is -0.161. The fourth-order valence-corrected chi connectivity index (χ4v) is 1.39. The topological polar surface area (TPSA) is 62.4 Å². The normalized spacial score (nSPS) is 9.94. The van der Waals surface area contributed by atoms with Crippen molar-refractivity contribution in [3.05, 3.63) is 46.9 Å². The van der Waals surface area contributed by atoms with Crippen molar-refractivity contribution in [1.82, 2.24) is 9.88 Å². The van der Waals surface area contributed by atoms with Gasteiger partial charge in [-0.15, -0.1) is 6.58 Å². The number of carbonyl (C=O) groups excluding carboxylic acids is 1. The molecule has 0 bridgehead atoms. The van der Waals surface area contributed by atoms with Crippen LogP contribution in [0.1, 0.15) is 10.4 Å². The van der Waals surface area contributed by atoms with Crippen molar-refractivity contribution in [3.8, 4) is 0 Å². The van der Waals surface area contributed by atoms with Crippen LogP contribution < -0.4 is 5.43 Å².